The molecule has 0 fully saturated rings. The highest BCUT2D eigenvalue weighted by Gasteiger charge is 2.46. The van der Waals surface area contributed by atoms with E-state index in [1.54, 1.807) is 42.5 Å². The number of carbonyl (C=O) groups is 2. The first kappa shape index (κ1) is 23.5. The zero-order valence-electron chi connectivity index (χ0n) is 18.0. The number of amides is 1. The molecule has 9 heteroatoms. The number of ether oxygens (including phenoxy) is 1. The van der Waals surface area contributed by atoms with Crippen molar-refractivity contribution < 1.29 is 27.9 Å². The second-order valence-corrected chi connectivity index (χ2v) is 9.96. The van der Waals surface area contributed by atoms with Crippen molar-refractivity contribution in [3.63, 3.8) is 0 Å². The molecule has 0 aliphatic carbocycles. The molecule has 3 aromatic carbocycles. The molecular formula is C25H20ClNO6S. The number of hydrogen-bond acceptors (Lipinski definition) is 6. The van der Waals surface area contributed by atoms with Crippen LogP contribution >= 0.6 is 11.6 Å². The van der Waals surface area contributed by atoms with Crippen LogP contribution in [0, 0.1) is 0 Å². The van der Waals surface area contributed by atoms with Crippen LogP contribution in [0.4, 0.5) is 0 Å². The topological polar surface area (TPSA) is 101 Å². The molecule has 1 heterocycles. The van der Waals surface area contributed by atoms with Gasteiger partial charge in [0.2, 0.25) is 9.84 Å². The number of aliphatic hydroxyl groups is 1. The molecule has 0 saturated carbocycles. The van der Waals surface area contributed by atoms with Crippen molar-refractivity contribution in [3.05, 3.63) is 111 Å². The normalized spacial score (nSPS) is 16.1. The summed E-state index contributed by atoms with van der Waals surface area (Å²) in [5, 5.41) is 11.3. The molecule has 1 aliphatic rings. The lowest BCUT2D eigenvalue weighted by molar-refractivity contribution is -0.130. The van der Waals surface area contributed by atoms with Crippen molar-refractivity contribution >= 4 is 33.3 Å². The summed E-state index contributed by atoms with van der Waals surface area (Å²) in [5.74, 6) is -2.20. The number of sulfone groups is 1. The lowest BCUT2D eigenvalue weighted by Crippen LogP contribution is -2.30. The van der Waals surface area contributed by atoms with Gasteiger partial charge in [-0.15, -0.1) is 0 Å². The van der Waals surface area contributed by atoms with Gasteiger partial charge in [0.15, 0.2) is 5.76 Å². The maximum Gasteiger partial charge on any atom is 0.337 e. The van der Waals surface area contributed by atoms with Gasteiger partial charge in [-0.05, 0) is 47.5 Å². The number of halogens is 1. The Kier molecular flexibility index (Phi) is 6.45. The van der Waals surface area contributed by atoms with E-state index < -0.39 is 38.4 Å². The molecule has 0 radical (unpaired) electrons. The predicted molar refractivity (Wildman–Crippen MR) is 126 cm³/mol. The SMILES string of the molecule is COC(=O)c1ccc([C@H]2C(S(=O)(=O)c3ccccc3)=C(O)C(=O)N2Cc2ccc(Cl)cc2)cc1. The Hall–Kier alpha value is -3.62. The van der Waals surface area contributed by atoms with Gasteiger partial charge in [0, 0.05) is 11.6 Å². The summed E-state index contributed by atoms with van der Waals surface area (Å²) in [4.78, 5) is 25.8. The molecule has 34 heavy (non-hydrogen) atoms. The van der Waals surface area contributed by atoms with Crippen LogP contribution in [0.15, 0.2) is 94.4 Å². The van der Waals surface area contributed by atoms with E-state index >= 15 is 0 Å². The fourth-order valence-electron chi connectivity index (χ4n) is 3.83. The number of carbonyl (C=O) groups excluding carboxylic acids is 2. The van der Waals surface area contributed by atoms with Crippen molar-refractivity contribution in [1.82, 2.24) is 4.90 Å². The first-order chi connectivity index (χ1) is 16.2. The van der Waals surface area contributed by atoms with E-state index in [0.29, 0.717) is 16.1 Å². The van der Waals surface area contributed by atoms with E-state index in [0.717, 1.165) is 0 Å². The molecule has 0 saturated heterocycles. The third-order valence-corrected chi connectivity index (χ3v) is 7.65. The second-order valence-electron chi connectivity index (χ2n) is 7.60. The van der Waals surface area contributed by atoms with Gasteiger partial charge in [0.25, 0.3) is 5.91 Å². The summed E-state index contributed by atoms with van der Waals surface area (Å²) < 4.78 is 31.8. The van der Waals surface area contributed by atoms with E-state index in [1.807, 2.05) is 0 Å². The maximum absolute atomic E-state index is 13.5. The Balaban J connectivity index is 1.84. The van der Waals surface area contributed by atoms with E-state index in [4.69, 9.17) is 16.3 Å². The van der Waals surface area contributed by atoms with Gasteiger partial charge in [-0.25, -0.2) is 13.2 Å². The quantitative estimate of drug-likeness (QED) is 0.505. The highest BCUT2D eigenvalue weighted by molar-refractivity contribution is 7.95. The molecule has 3 aromatic rings. The number of methoxy groups -OCH3 is 1. The van der Waals surface area contributed by atoms with Crippen molar-refractivity contribution in [2.75, 3.05) is 7.11 Å². The third-order valence-electron chi connectivity index (χ3n) is 5.51. The van der Waals surface area contributed by atoms with Gasteiger partial charge in [-0.3, -0.25) is 4.79 Å². The molecule has 0 aromatic heterocycles. The zero-order chi connectivity index (χ0) is 24.5. The summed E-state index contributed by atoms with van der Waals surface area (Å²) >= 11 is 5.96. The van der Waals surface area contributed by atoms with Crippen molar-refractivity contribution in [2.45, 2.75) is 17.5 Å². The maximum atomic E-state index is 13.5. The van der Waals surface area contributed by atoms with E-state index in [1.165, 1.54) is 48.4 Å². The summed E-state index contributed by atoms with van der Waals surface area (Å²) in [6, 6.07) is 19.3. The fourth-order valence-corrected chi connectivity index (χ4v) is 5.63. The molecule has 0 unspecified atom stereocenters. The average molecular weight is 498 g/mol. The molecule has 7 nitrogen and oxygen atoms in total. The van der Waals surface area contributed by atoms with Crippen molar-refractivity contribution in [1.29, 1.82) is 0 Å². The van der Waals surface area contributed by atoms with Crippen LogP contribution < -0.4 is 0 Å². The van der Waals surface area contributed by atoms with Crippen molar-refractivity contribution in [3.8, 4) is 0 Å². The molecule has 1 amide bonds. The number of aliphatic hydroxyl groups excluding tert-OH is 1. The third kappa shape index (κ3) is 4.30. The fraction of sp³-hybridized carbons (Fsp3) is 0.120. The number of rotatable bonds is 6. The van der Waals surface area contributed by atoms with Gasteiger partial charge in [0.05, 0.1) is 23.6 Å². The van der Waals surface area contributed by atoms with Crippen molar-refractivity contribution in [2.24, 2.45) is 0 Å². The Morgan fingerprint density at radius 2 is 1.62 bits per heavy atom. The lowest BCUT2D eigenvalue weighted by Gasteiger charge is -2.27. The minimum absolute atomic E-state index is 0.0251. The first-order valence-corrected chi connectivity index (χ1v) is 12.1. The van der Waals surface area contributed by atoms with Gasteiger partial charge < -0.3 is 14.7 Å². The number of esters is 1. The zero-order valence-corrected chi connectivity index (χ0v) is 19.6. The number of hydrogen-bond donors (Lipinski definition) is 1. The lowest BCUT2D eigenvalue weighted by atomic mass is 10.0. The van der Waals surface area contributed by atoms with Crippen LogP contribution in [0.1, 0.15) is 27.5 Å². The highest BCUT2D eigenvalue weighted by Crippen LogP contribution is 2.43. The van der Waals surface area contributed by atoms with Crippen LogP contribution in [-0.2, 0) is 25.9 Å². The average Bonchev–Trinajstić information content (AvgIpc) is 3.11. The molecular weight excluding hydrogens is 478 g/mol. The number of benzene rings is 3. The largest absolute Gasteiger partial charge is 0.502 e. The van der Waals surface area contributed by atoms with E-state index in [2.05, 4.69) is 0 Å². The first-order valence-electron chi connectivity index (χ1n) is 10.2. The Morgan fingerprint density at radius 1 is 1.00 bits per heavy atom. The van der Waals surface area contributed by atoms with Gasteiger partial charge in [-0.1, -0.05) is 54.1 Å². The van der Waals surface area contributed by atoms with Crippen LogP contribution in [-0.4, -0.2) is 37.4 Å². The minimum Gasteiger partial charge on any atom is -0.502 e. The van der Waals surface area contributed by atoms with E-state index in [-0.39, 0.29) is 17.0 Å². The van der Waals surface area contributed by atoms with E-state index in [9.17, 15) is 23.1 Å². The molecule has 1 aliphatic heterocycles. The molecule has 0 bridgehead atoms. The van der Waals surface area contributed by atoms with Gasteiger partial charge >= 0.3 is 5.97 Å². The highest BCUT2D eigenvalue weighted by atomic mass is 35.5. The molecule has 0 spiro atoms. The summed E-state index contributed by atoms with van der Waals surface area (Å²) in [5.41, 5.74) is 1.37. The predicted octanol–water partition coefficient (Wildman–Crippen LogP) is 4.45. The molecule has 1 atom stereocenters. The molecule has 1 N–H and O–H groups in total. The standard InChI is InChI=1S/C25H20ClNO6S/c1-33-25(30)18-11-9-17(10-12-18)21-23(34(31,32)20-5-3-2-4-6-20)22(28)24(29)27(21)15-16-7-13-19(26)14-8-16/h2-14,21,28H,15H2,1H3/t21-/m0/s1. The van der Waals surface area contributed by atoms with Gasteiger partial charge in [-0.2, -0.15) is 0 Å². The van der Waals surface area contributed by atoms with Crippen LogP contribution in [0.2, 0.25) is 5.02 Å². The Bertz CT molecular complexity index is 1370. The Labute approximate surface area is 201 Å². The summed E-state index contributed by atoms with van der Waals surface area (Å²) in [6.45, 7) is 0.0251. The van der Waals surface area contributed by atoms with Crippen LogP contribution in [0.25, 0.3) is 0 Å². The summed E-state index contributed by atoms with van der Waals surface area (Å²) in [6.07, 6.45) is 0. The monoisotopic (exact) mass is 497 g/mol. The second kappa shape index (κ2) is 9.32. The molecule has 4 rings (SSSR count). The smallest absolute Gasteiger partial charge is 0.337 e. The van der Waals surface area contributed by atoms with Gasteiger partial charge in [0.1, 0.15) is 4.91 Å². The Morgan fingerprint density at radius 3 is 2.21 bits per heavy atom. The summed E-state index contributed by atoms with van der Waals surface area (Å²) in [7, 11) is -2.97. The van der Waals surface area contributed by atoms with Crippen LogP contribution in [0.3, 0.4) is 0 Å². The number of nitrogens with zero attached hydrogens (tertiary/aromatic N) is 1. The molecule has 174 valence electrons. The van der Waals surface area contributed by atoms with Crippen LogP contribution in [0.5, 0.6) is 0 Å². The minimum atomic E-state index is -4.23.